The summed E-state index contributed by atoms with van der Waals surface area (Å²) in [5.74, 6) is -1.36. The zero-order valence-corrected chi connectivity index (χ0v) is 19.0. The Morgan fingerprint density at radius 2 is 2.03 bits per heavy atom. The Hall–Kier alpha value is -3.46. The molecule has 2 atom stereocenters. The number of rotatable bonds is 4. The zero-order valence-electron chi connectivity index (χ0n) is 18.2. The first-order chi connectivity index (χ1) is 16.3. The summed E-state index contributed by atoms with van der Waals surface area (Å²) >= 11 is 5.98. The summed E-state index contributed by atoms with van der Waals surface area (Å²) in [6.07, 6.45) is 1.81. The van der Waals surface area contributed by atoms with Crippen molar-refractivity contribution >= 4 is 29.3 Å². The number of imidazole rings is 1. The van der Waals surface area contributed by atoms with E-state index in [0.29, 0.717) is 6.42 Å². The van der Waals surface area contributed by atoms with Crippen LogP contribution in [0.5, 0.6) is 0 Å². The van der Waals surface area contributed by atoms with Crippen LogP contribution in [0.3, 0.4) is 0 Å². The molecule has 1 unspecified atom stereocenters. The molecule has 2 aliphatic heterocycles. The van der Waals surface area contributed by atoms with Gasteiger partial charge in [0.2, 0.25) is 0 Å². The Balaban J connectivity index is 1.40. The number of amides is 2. The molecule has 176 valence electrons. The molecule has 1 aromatic heterocycles. The minimum Gasteiger partial charge on any atom is -0.436 e. The van der Waals surface area contributed by atoms with Gasteiger partial charge in [-0.05, 0) is 36.2 Å². The third-order valence-electron chi connectivity index (χ3n) is 6.45. The lowest BCUT2D eigenvalue weighted by Gasteiger charge is -2.35. The second-order valence-electron chi connectivity index (χ2n) is 8.47. The number of nitrogens with one attached hydrogen (secondary N) is 2. The predicted octanol–water partition coefficient (Wildman–Crippen LogP) is 5.19. The highest BCUT2D eigenvalue weighted by atomic mass is 35.5. The smallest absolute Gasteiger partial charge is 0.412 e. The molecule has 0 saturated carbocycles. The van der Waals surface area contributed by atoms with Gasteiger partial charge in [0, 0.05) is 30.8 Å². The summed E-state index contributed by atoms with van der Waals surface area (Å²) in [7, 11) is 0. The Bertz CT molecular complexity index is 1280. The molecule has 7 nitrogen and oxygen atoms in total. The van der Waals surface area contributed by atoms with Crippen molar-refractivity contribution in [2.24, 2.45) is 0 Å². The van der Waals surface area contributed by atoms with E-state index in [1.807, 2.05) is 6.92 Å². The number of hydrogen-bond acceptors (Lipinski definition) is 4. The fourth-order valence-electron chi connectivity index (χ4n) is 4.81. The van der Waals surface area contributed by atoms with Crippen LogP contribution in [0.1, 0.15) is 53.1 Å². The third-order valence-corrected chi connectivity index (χ3v) is 6.74. The van der Waals surface area contributed by atoms with Crippen LogP contribution in [0.25, 0.3) is 0 Å². The monoisotopic (exact) mass is 486 g/mol. The van der Waals surface area contributed by atoms with Gasteiger partial charge in [0.05, 0.1) is 22.8 Å². The van der Waals surface area contributed by atoms with Crippen molar-refractivity contribution in [2.75, 3.05) is 18.4 Å². The Morgan fingerprint density at radius 3 is 2.76 bits per heavy atom. The molecule has 0 bridgehead atoms. The fourth-order valence-corrected chi connectivity index (χ4v) is 4.97. The molecule has 2 aliphatic rings. The molecule has 34 heavy (non-hydrogen) atoms. The van der Waals surface area contributed by atoms with E-state index < -0.39 is 23.4 Å². The van der Waals surface area contributed by atoms with Crippen LogP contribution in [0.4, 0.5) is 19.3 Å². The fraction of sp³-hybridized carbons (Fsp3) is 0.292. The minimum atomic E-state index is -1.34. The van der Waals surface area contributed by atoms with Gasteiger partial charge in [-0.15, -0.1) is 0 Å². The van der Waals surface area contributed by atoms with Crippen LogP contribution in [-0.4, -0.2) is 40.0 Å². The van der Waals surface area contributed by atoms with Crippen LogP contribution in [0.2, 0.25) is 5.02 Å². The number of likely N-dealkylation sites (tertiary alicyclic amines) is 1. The molecule has 10 heteroatoms. The SMILES string of the molecule is CCC(c1ccc(F)cc1)c1cnc(C(=O)N2CC[C@@]3(C2)OC(=O)Nc2ccc(Cl)c(F)c23)[nH]1. The average Bonchev–Trinajstić information content (AvgIpc) is 3.46. The number of carbonyl (C=O) groups excluding carboxylic acids is 2. The lowest BCUT2D eigenvalue weighted by atomic mass is 9.89. The lowest BCUT2D eigenvalue weighted by molar-refractivity contribution is 0.0157. The van der Waals surface area contributed by atoms with E-state index in [4.69, 9.17) is 16.3 Å². The highest BCUT2D eigenvalue weighted by Crippen LogP contribution is 2.45. The molecular formula is C24H21ClF2N4O3. The van der Waals surface area contributed by atoms with Gasteiger partial charge in [0.15, 0.2) is 17.2 Å². The summed E-state index contributed by atoms with van der Waals surface area (Å²) < 4.78 is 33.8. The molecule has 5 rings (SSSR count). The normalized spacial score (nSPS) is 20.1. The van der Waals surface area contributed by atoms with E-state index in [2.05, 4.69) is 15.3 Å². The van der Waals surface area contributed by atoms with Crippen molar-refractivity contribution in [3.8, 4) is 0 Å². The number of fused-ring (bicyclic) bond motifs is 2. The number of carbonyl (C=O) groups is 2. The molecule has 0 radical (unpaired) electrons. The van der Waals surface area contributed by atoms with Crippen molar-refractivity contribution in [1.82, 2.24) is 14.9 Å². The topological polar surface area (TPSA) is 87.3 Å². The first-order valence-corrected chi connectivity index (χ1v) is 11.3. The molecule has 2 amide bonds. The van der Waals surface area contributed by atoms with E-state index in [1.54, 1.807) is 18.3 Å². The van der Waals surface area contributed by atoms with Crippen molar-refractivity contribution in [3.63, 3.8) is 0 Å². The van der Waals surface area contributed by atoms with Crippen molar-refractivity contribution in [2.45, 2.75) is 31.3 Å². The maximum absolute atomic E-state index is 15.0. The van der Waals surface area contributed by atoms with Crippen LogP contribution in [0, 0.1) is 11.6 Å². The first-order valence-electron chi connectivity index (χ1n) is 10.9. The number of aromatic amines is 1. The van der Waals surface area contributed by atoms with E-state index in [-0.39, 0.29) is 53.3 Å². The molecule has 3 heterocycles. The third kappa shape index (κ3) is 3.69. The van der Waals surface area contributed by atoms with Crippen LogP contribution >= 0.6 is 11.6 Å². The van der Waals surface area contributed by atoms with Gasteiger partial charge in [-0.25, -0.2) is 18.6 Å². The summed E-state index contributed by atoms with van der Waals surface area (Å²) in [6, 6.07) is 9.09. The second kappa shape index (κ2) is 8.39. The number of halogens is 3. The van der Waals surface area contributed by atoms with Crippen molar-refractivity contribution < 1.29 is 23.1 Å². The molecule has 2 aromatic carbocycles. The van der Waals surface area contributed by atoms with Gasteiger partial charge in [-0.2, -0.15) is 0 Å². The Morgan fingerprint density at radius 1 is 1.26 bits per heavy atom. The Kier molecular flexibility index (Phi) is 5.51. The van der Waals surface area contributed by atoms with Crippen LogP contribution in [0.15, 0.2) is 42.6 Å². The quantitative estimate of drug-likeness (QED) is 0.531. The number of benzene rings is 2. The molecule has 0 aliphatic carbocycles. The standard InChI is InChI=1S/C24H21ClF2N4O3/c1-2-15(13-3-5-14(26)6-4-13)18-11-28-21(29-18)22(32)31-10-9-24(12-31)19-17(30-23(33)34-24)8-7-16(25)20(19)27/h3-8,11,15H,2,9-10,12H2,1H3,(H,28,29)(H,30,33)/t15?,24-/m0/s1. The number of nitrogens with zero attached hydrogens (tertiary/aromatic N) is 2. The molecule has 3 aromatic rings. The minimum absolute atomic E-state index is 0.0330. The maximum atomic E-state index is 15.0. The average molecular weight is 487 g/mol. The van der Waals surface area contributed by atoms with Gasteiger partial charge in [-0.3, -0.25) is 10.1 Å². The Labute approximate surface area is 199 Å². The van der Waals surface area contributed by atoms with E-state index in [1.165, 1.54) is 29.2 Å². The van der Waals surface area contributed by atoms with Gasteiger partial charge in [-0.1, -0.05) is 30.7 Å². The lowest BCUT2D eigenvalue weighted by Crippen LogP contribution is -2.43. The number of anilines is 1. The number of hydrogen-bond donors (Lipinski definition) is 2. The summed E-state index contributed by atoms with van der Waals surface area (Å²) in [5.41, 5.74) is 0.702. The summed E-state index contributed by atoms with van der Waals surface area (Å²) in [4.78, 5) is 34.2. The van der Waals surface area contributed by atoms with Crippen LogP contribution < -0.4 is 5.32 Å². The number of aromatic nitrogens is 2. The van der Waals surface area contributed by atoms with Gasteiger partial charge < -0.3 is 14.6 Å². The van der Waals surface area contributed by atoms with E-state index in [9.17, 15) is 18.4 Å². The van der Waals surface area contributed by atoms with Crippen LogP contribution in [-0.2, 0) is 10.3 Å². The predicted molar refractivity (Wildman–Crippen MR) is 121 cm³/mol. The zero-order chi connectivity index (χ0) is 24.0. The van der Waals surface area contributed by atoms with Crippen molar-refractivity contribution in [3.05, 3.63) is 81.9 Å². The number of H-pyrrole nitrogens is 1. The first kappa shape index (κ1) is 22.3. The molecule has 1 fully saturated rings. The highest BCUT2D eigenvalue weighted by molar-refractivity contribution is 6.31. The van der Waals surface area contributed by atoms with E-state index >= 15 is 0 Å². The molecule has 1 saturated heterocycles. The van der Waals surface area contributed by atoms with Gasteiger partial charge >= 0.3 is 6.09 Å². The van der Waals surface area contributed by atoms with Crippen molar-refractivity contribution in [1.29, 1.82) is 0 Å². The molecule has 2 N–H and O–H groups in total. The highest BCUT2D eigenvalue weighted by Gasteiger charge is 2.51. The van der Waals surface area contributed by atoms with Gasteiger partial charge in [0.1, 0.15) is 5.82 Å². The molecule has 1 spiro atoms. The maximum Gasteiger partial charge on any atom is 0.412 e. The summed E-state index contributed by atoms with van der Waals surface area (Å²) in [6.45, 7) is 2.20. The largest absolute Gasteiger partial charge is 0.436 e. The number of ether oxygens (including phenoxy) is 1. The molecular weight excluding hydrogens is 466 g/mol. The van der Waals surface area contributed by atoms with Gasteiger partial charge in [0.25, 0.3) is 5.91 Å². The second-order valence-corrected chi connectivity index (χ2v) is 8.88. The van der Waals surface area contributed by atoms with E-state index in [0.717, 1.165) is 11.3 Å². The summed E-state index contributed by atoms with van der Waals surface area (Å²) in [5, 5.41) is 2.40.